The summed E-state index contributed by atoms with van der Waals surface area (Å²) in [6.07, 6.45) is 1.23. The Bertz CT molecular complexity index is 810. The Morgan fingerprint density at radius 2 is 2.00 bits per heavy atom. The molecule has 2 amide bonds. The molecule has 2 aromatic heterocycles. The lowest BCUT2D eigenvalue weighted by molar-refractivity contribution is -0.138. The van der Waals surface area contributed by atoms with Gasteiger partial charge in [-0.25, -0.2) is 0 Å². The maximum absolute atomic E-state index is 12.7. The fraction of sp³-hybridized carbons (Fsp3) is 0.389. The van der Waals surface area contributed by atoms with E-state index in [1.807, 2.05) is 13.8 Å². The van der Waals surface area contributed by atoms with Crippen LogP contribution in [0.5, 0.6) is 0 Å². The third kappa shape index (κ3) is 4.51. The molecule has 0 bridgehead atoms. The fourth-order valence-corrected chi connectivity index (χ4v) is 3.34. The van der Waals surface area contributed by atoms with Crippen LogP contribution in [0, 0.1) is 12.8 Å². The highest BCUT2D eigenvalue weighted by molar-refractivity contribution is 7.18. The Kier molecular flexibility index (Phi) is 5.86. The van der Waals surface area contributed by atoms with Gasteiger partial charge in [-0.05, 0) is 43.5 Å². The Morgan fingerprint density at radius 3 is 2.54 bits per heavy atom. The minimum atomic E-state index is -0.976. The standard InChI is InChI=1S/C18H22N2O5S/c1-10(2)18(4,9-14(21)22)20-17(24)15-11(3)8-13(26-15)19-16(23)12-6-5-7-25-12/h5-8,10H,9H2,1-4H3,(H,19,23)(H,20,24)(H,21,22). The zero-order valence-corrected chi connectivity index (χ0v) is 15.9. The number of rotatable bonds is 7. The molecule has 1 atom stereocenters. The van der Waals surface area contributed by atoms with Crippen LogP contribution in [0.4, 0.5) is 5.00 Å². The Balaban J connectivity index is 2.15. The molecular formula is C18H22N2O5S. The summed E-state index contributed by atoms with van der Waals surface area (Å²) in [5.41, 5.74) is -0.180. The predicted molar refractivity (Wildman–Crippen MR) is 98.7 cm³/mol. The van der Waals surface area contributed by atoms with Crippen LogP contribution < -0.4 is 10.6 Å². The summed E-state index contributed by atoms with van der Waals surface area (Å²) in [6.45, 7) is 7.20. The third-order valence-electron chi connectivity index (χ3n) is 4.30. The molecule has 140 valence electrons. The maximum Gasteiger partial charge on any atom is 0.305 e. The number of anilines is 1. The van der Waals surface area contributed by atoms with Crippen molar-refractivity contribution in [2.45, 2.75) is 39.7 Å². The first-order chi connectivity index (χ1) is 12.1. The summed E-state index contributed by atoms with van der Waals surface area (Å²) in [5, 5.41) is 15.2. The van der Waals surface area contributed by atoms with Crippen LogP contribution in [0.2, 0.25) is 0 Å². The van der Waals surface area contributed by atoms with Crippen LogP contribution in [0.1, 0.15) is 53.0 Å². The van der Waals surface area contributed by atoms with Crippen molar-refractivity contribution in [1.82, 2.24) is 5.32 Å². The number of hydrogen-bond donors (Lipinski definition) is 3. The number of aliphatic carboxylic acids is 1. The minimum Gasteiger partial charge on any atom is -0.481 e. The molecule has 0 aromatic carbocycles. The number of hydrogen-bond acceptors (Lipinski definition) is 5. The van der Waals surface area contributed by atoms with Crippen LogP contribution in [0.3, 0.4) is 0 Å². The molecule has 3 N–H and O–H groups in total. The molecule has 0 aliphatic heterocycles. The van der Waals surface area contributed by atoms with E-state index in [2.05, 4.69) is 10.6 Å². The van der Waals surface area contributed by atoms with Crippen molar-refractivity contribution >= 4 is 34.1 Å². The first kappa shape index (κ1) is 19.7. The zero-order valence-electron chi connectivity index (χ0n) is 15.1. The van der Waals surface area contributed by atoms with Crippen molar-refractivity contribution < 1.29 is 23.9 Å². The number of carbonyl (C=O) groups excluding carboxylic acids is 2. The van der Waals surface area contributed by atoms with Crippen LogP contribution in [0.15, 0.2) is 28.9 Å². The molecule has 2 aromatic rings. The van der Waals surface area contributed by atoms with E-state index in [4.69, 9.17) is 9.52 Å². The first-order valence-corrected chi connectivity index (χ1v) is 8.93. The Morgan fingerprint density at radius 1 is 1.31 bits per heavy atom. The van der Waals surface area contributed by atoms with Crippen LogP contribution in [0.25, 0.3) is 0 Å². The van der Waals surface area contributed by atoms with Gasteiger partial charge in [0.25, 0.3) is 11.8 Å². The number of nitrogens with one attached hydrogen (secondary N) is 2. The van der Waals surface area contributed by atoms with E-state index in [1.54, 1.807) is 32.0 Å². The summed E-state index contributed by atoms with van der Waals surface area (Å²) >= 11 is 1.13. The molecule has 0 spiro atoms. The summed E-state index contributed by atoms with van der Waals surface area (Å²) in [4.78, 5) is 36.3. The first-order valence-electron chi connectivity index (χ1n) is 8.12. The number of aryl methyl sites for hydroxylation is 1. The van der Waals surface area contributed by atoms with Crippen molar-refractivity contribution in [3.63, 3.8) is 0 Å². The molecule has 2 rings (SSSR count). The van der Waals surface area contributed by atoms with Gasteiger partial charge in [0, 0.05) is 0 Å². The molecule has 0 aliphatic carbocycles. The van der Waals surface area contributed by atoms with Crippen LogP contribution in [-0.4, -0.2) is 28.4 Å². The van der Waals surface area contributed by atoms with Gasteiger partial charge in [-0.15, -0.1) is 11.3 Å². The molecule has 0 saturated heterocycles. The molecular weight excluding hydrogens is 356 g/mol. The van der Waals surface area contributed by atoms with Gasteiger partial charge >= 0.3 is 5.97 Å². The Labute approximate surface area is 155 Å². The number of amides is 2. The minimum absolute atomic E-state index is 0.0686. The quantitative estimate of drug-likeness (QED) is 0.683. The summed E-state index contributed by atoms with van der Waals surface area (Å²) in [6, 6.07) is 4.86. The van der Waals surface area contributed by atoms with Gasteiger partial charge in [0.05, 0.1) is 28.1 Å². The molecule has 1 unspecified atom stereocenters. The number of thiophene rings is 1. The number of carbonyl (C=O) groups is 3. The average molecular weight is 378 g/mol. The van der Waals surface area contributed by atoms with Gasteiger partial charge in [0.2, 0.25) is 0 Å². The molecule has 26 heavy (non-hydrogen) atoms. The number of carboxylic acids is 1. The van der Waals surface area contributed by atoms with Gasteiger partial charge in [0.15, 0.2) is 5.76 Å². The average Bonchev–Trinajstić information content (AvgIpc) is 3.15. The fourth-order valence-electron chi connectivity index (χ4n) is 2.37. The zero-order chi connectivity index (χ0) is 19.5. The van der Waals surface area contributed by atoms with Crippen LogP contribution >= 0.6 is 11.3 Å². The maximum atomic E-state index is 12.7. The van der Waals surface area contributed by atoms with E-state index >= 15 is 0 Å². The molecule has 0 fully saturated rings. The largest absolute Gasteiger partial charge is 0.481 e. The topological polar surface area (TPSA) is 109 Å². The lowest BCUT2D eigenvalue weighted by Crippen LogP contribution is -2.51. The van der Waals surface area contributed by atoms with E-state index < -0.39 is 17.4 Å². The Hall–Kier alpha value is -2.61. The molecule has 0 saturated carbocycles. The second kappa shape index (κ2) is 7.74. The second-order valence-corrected chi connectivity index (χ2v) is 7.70. The highest BCUT2D eigenvalue weighted by atomic mass is 32.1. The summed E-state index contributed by atoms with van der Waals surface area (Å²) < 4.78 is 5.04. The number of furan rings is 1. The highest BCUT2D eigenvalue weighted by Gasteiger charge is 2.34. The molecule has 2 heterocycles. The van der Waals surface area contributed by atoms with Crippen LogP contribution in [-0.2, 0) is 4.79 Å². The predicted octanol–water partition coefficient (Wildman–Crippen LogP) is 3.52. The smallest absolute Gasteiger partial charge is 0.305 e. The van der Waals surface area contributed by atoms with Crippen molar-refractivity contribution in [2.24, 2.45) is 5.92 Å². The van der Waals surface area contributed by atoms with Crippen molar-refractivity contribution in [2.75, 3.05) is 5.32 Å². The monoisotopic (exact) mass is 378 g/mol. The van der Waals surface area contributed by atoms with Gasteiger partial charge < -0.3 is 20.2 Å². The normalized spacial score (nSPS) is 13.3. The molecule has 8 heteroatoms. The van der Waals surface area contributed by atoms with E-state index in [1.165, 1.54) is 6.26 Å². The van der Waals surface area contributed by atoms with Crippen molar-refractivity contribution in [1.29, 1.82) is 0 Å². The number of carboxylic acid groups (broad SMARTS) is 1. The van der Waals surface area contributed by atoms with Gasteiger partial charge in [0.1, 0.15) is 0 Å². The molecule has 7 nitrogen and oxygen atoms in total. The molecule has 0 aliphatic rings. The van der Waals surface area contributed by atoms with E-state index in [0.29, 0.717) is 15.4 Å². The lowest BCUT2D eigenvalue weighted by atomic mass is 9.85. The summed E-state index contributed by atoms with van der Waals surface area (Å²) in [5.74, 6) is -1.63. The van der Waals surface area contributed by atoms with Gasteiger partial charge in [-0.1, -0.05) is 13.8 Å². The van der Waals surface area contributed by atoms with Gasteiger partial charge in [-0.3, -0.25) is 14.4 Å². The third-order valence-corrected chi connectivity index (χ3v) is 5.45. The molecule has 0 radical (unpaired) electrons. The lowest BCUT2D eigenvalue weighted by Gasteiger charge is -2.33. The van der Waals surface area contributed by atoms with E-state index in [-0.39, 0.29) is 24.0 Å². The second-order valence-electron chi connectivity index (χ2n) is 6.65. The van der Waals surface area contributed by atoms with E-state index in [9.17, 15) is 14.4 Å². The van der Waals surface area contributed by atoms with Crippen molar-refractivity contribution in [3.8, 4) is 0 Å². The SMILES string of the molecule is Cc1cc(NC(=O)c2ccco2)sc1C(=O)NC(C)(CC(=O)O)C(C)C. The van der Waals surface area contributed by atoms with E-state index in [0.717, 1.165) is 11.3 Å². The highest BCUT2D eigenvalue weighted by Crippen LogP contribution is 2.29. The summed E-state index contributed by atoms with van der Waals surface area (Å²) in [7, 11) is 0. The van der Waals surface area contributed by atoms with Crippen molar-refractivity contribution in [3.05, 3.63) is 40.7 Å². The van der Waals surface area contributed by atoms with Gasteiger partial charge in [-0.2, -0.15) is 0 Å².